The molecule has 0 spiro atoms. The van der Waals surface area contributed by atoms with E-state index < -0.39 is 0 Å². The number of nitriles is 1. The summed E-state index contributed by atoms with van der Waals surface area (Å²) in [6.45, 7) is 1.30. The van der Waals surface area contributed by atoms with Gasteiger partial charge < -0.3 is 15.0 Å². The minimum absolute atomic E-state index is 0.126. The summed E-state index contributed by atoms with van der Waals surface area (Å²) >= 11 is 0. The molecule has 0 unspecified atom stereocenters. The molecule has 1 rings (SSSR count). The summed E-state index contributed by atoms with van der Waals surface area (Å²) in [6.07, 6.45) is 3.48. The molecule has 0 atom stereocenters. The van der Waals surface area contributed by atoms with Crippen LogP contribution in [0.4, 0.5) is 5.69 Å². The van der Waals surface area contributed by atoms with Crippen molar-refractivity contribution in [1.29, 1.82) is 5.26 Å². The van der Waals surface area contributed by atoms with E-state index >= 15 is 0 Å². The topological polar surface area (TPSA) is 78.3 Å². The molecule has 1 heterocycles. The monoisotopic (exact) mass is 262 g/mol. The number of rotatable bonds is 7. The van der Waals surface area contributed by atoms with Crippen molar-refractivity contribution in [3.63, 3.8) is 0 Å². The van der Waals surface area contributed by atoms with Crippen LogP contribution in [0.3, 0.4) is 0 Å². The van der Waals surface area contributed by atoms with Gasteiger partial charge in [0.15, 0.2) is 0 Å². The molecular formula is C13H18N4O2. The molecule has 1 amide bonds. The summed E-state index contributed by atoms with van der Waals surface area (Å²) in [4.78, 5) is 18.0. The van der Waals surface area contributed by atoms with E-state index in [9.17, 15) is 4.79 Å². The van der Waals surface area contributed by atoms with Crippen molar-refractivity contribution in [2.75, 3.05) is 39.2 Å². The Morgan fingerprint density at radius 1 is 1.58 bits per heavy atom. The third-order valence-electron chi connectivity index (χ3n) is 2.67. The lowest BCUT2D eigenvalue weighted by Gasteiger charge is -2.22. The molecule has 0 bridgehead atoms. The number of anilines is 1. The van der Waals surface area contributed by atoms with Crippen LogP contribution in [-0.2, 0) is 4.74 Å². The summed E-state index contributed by atoms with van der Waals surface area (Å²) < 4.78 is 4.99. The Bertz CT molecular complexity index is 456. The Kier molecular flexibility index (Phi) is 6.33. The molecule has 1 N–H and O–H groups in total. The first-order valence-corrected chi connectivity index (χ1v) is 6.01. The predicted molar refractivity (Wildman–Crippen MR) is 71.8 cm³/mol. The number of aromatic nitrogens is 1. The molecule has 0 saturated heterocycles. The standard InChI is InChI=1S/C13H18N4O2/c1-15-12-10-16-6-4-11(12)13(18)17(7-3-5-14)8-9-19-2/h4,6,10,15H,3,7-9H2,1-2H3. The van der Waals surface area contributed by atoms with Crippen molar-refractivity contribution in [1.82, 2.24) is 9.88 Å². The molecule has 1 aromatic heterocycles. The molecule has 0 aromatic carbocycles. The molecule has 6 nitrogen and oxygen atoms in total. The average molecular weight is 262 g/mol. The van der Waals surface area contributed by atoms with E-state index in [0.29, 0.717) is 37.4 Å². The largest absolute Gasteiger partial charge is 0.386 e. The van der Waals surface area contributed by atoms with Gasteiger partial charge in [0.1, 0.15) is 0 Å². The maximum absolute atomic E-state index is 12.4. The fourth-order valence-electron chi connectivity index (χ4n) is 1.65. The lowest BCUT2D eigenvalue weighted by atomic mass is 10.2. The Morgan fingerprint density at radius 2 is 2.37 bits per heavy atom. The molecule has 0 aliphatic rings. The van der Waals surface area contributed by atoms with Crippen LogP contribution in [0.25, 0.3) is 0 Å². The lowest BCUT2D eigenvalue weighted by molar-refractivity contribution is 0.0700. The van der Waals surface area contributed by atoms with Crippen molar-refractivity contribution in [3.8, 4) is 6.07 Å². The molecule has 6 heteroatoms. The summed E-state index contributed by atoms with van der Waals surface area (Å²) in [6, 6.07) is 3.71. The van der Waals surface area contributed by atoms with E-state index in [1.54, 1.807) is 37.5 Å². The number of carbonyl (C=O) groups excluding carboxylic acids is 1. The Balaban J connectivity index is 2.88. The first-order valence-electron chi connectivity index (χ1n) is 6.01. The molecule has 0 radical (unpaired) electrons. The minimum Gasteiger partial charge on any atom is -0.386 e. The van der Waals surface area contributed by atoms with Gasteiger partial charge in [-0.3, -0.25) is 9.78 Å². The molecule has 102 valence electrons. The lowest BCUT2D eigenvalue weighted by Crippen LogP contribution is -2.35. The molecule has 0 saturated carbocycles. The molecule has 19 heavy (non-hydrogen) atoms. The first-order chi connectivity index (χ1) is 9.24. The van der Waals surface area contributed by atoms with E-state index in [0.717, 1.165) is 0 Å². The first kappa shape index (κ1) is 14.9. The summed E-state index contributed by atoms with van der Waals surface area (Å²) in [5.74, 6) is -0.126. The highest BCUT2D eigenvalue weighted by molar-refractivity contribution is 5.99. The number of ether oxygens (including phenoxy) is 1. The second-order valence-corrected chi connectivity index (χ2v) is 3.86. The van der Waals surface area contributed by atoms with Crippen LogP contribution in [0.5, 0.6) is 0 Å². The van der Waals surface area contributed by atoms with Crippen molar-refractivity contribution in [2.45, 2.75) is 6.42 Å². The number of carbonyl (C=O) groups is 1. The Morgan fingerprint density at radius 3 is 3.00 bits per heavy atom. The Hall–Kier alpha value is -2.13. The van der Waals surface area contributed by atoms with E-state index in [4.69, 9.17) is 10.00 Å². The number of hydrogen-bond donors (Lipinski definition) is 1. The van der Waals surface area contributed by atoms with Crippen LogP contribution in [-0.4, -0.2) is 49.6 Å². The number of pyridine rings is 1. The zero-order valence-electron chi connectivity index (χ0n) is 11.2. The maximum atomic E-state index is 12.4. The van der Waals surface area contributed by atoms with Gasteiger partial charge in [-0.1, -0.05) is 0 Å². The third kappa shape index (κ3) is 4.23. The summed E-state index contributed by atoms with van der Waals surface area (Å²) in [5.41, 5.74) is 1.22. The van der Waals surface area contributed by atoms with Gasteiger partial charge >= 0.3 is 0 Å². The highest BCUT2D eigenvalue weighted by Crippen LogP contribution is 2.15. The van der Waals surface area contributed by atoms with E-state index in [1.165, 1.54) is 0 Å². The second kappa shape index (κ2) is 8.06. The van der Waals surface area contributed by atoms with E-state index in [1.807, 2.05) is 6.07 Å². The fourth-order valence-corrected chi connectivity index (χ4v) is 1.65. The van der Waals surface area contributed by atoms with E-state index in [2.05, 4.69) is 10.3 Å². The van der Waals surface area contributed by atoms with Gasteiger partial charge in [0.25, 0.3) is 5.91 Å². The van der Waals surface area contributed by atoms with Crippen LogP contribution in [0.15, 0.2) is 18.5 Å². The molecule has 0 aliphatic heterocycles. The number of amides is 1. The van der Waals surface area contributed by atoms with Crippen LogP contribution >= 0.6 is 0 Å². The molecule has 0 aliphatic carbocycles. The second-order valence-electron chi connectivity index (χ2n) is 3.86. The van der Waals surface area contributed by atoms with Gasteiger partial charge in [-0.15, -0.1) is 0 Å². The normalized spacial score (nSPS) is 9.74. The minimum atomic E-state index is -0.126. The Labute approximate surface area is 113 Å². The number of hydrogen-bond acceptors (Lipinski definition) is 5. The van der Waals surface area contributed by atoms with Crippen molar-refractivity contribution in [3.05, 3.63) is 24.0 Å². The highest BCUT2D eigenvalue weighted by Gasteiger charge is 2.18. The number of methoxy groups -OCH3 is 1. The van der Waals surface area contributed by atoms with Crippen molar-refractivity contribution < 1.29 is 9.53 Å². The van der Waals surface area contributed by atoms with Gasteiger partial charge in [0.2, 0.25) is 0 Å². The van der Waals surface area contributed by atoms with Crippen LogP contribution in [0.2, 0.25) is 0 Å². The molecular weight excluding hydrogens is 244 g/mol. The van der Waals surface area contributed by atoms with Crippen LogP contribution < -0.4 is 5.32 Å². The van der Waals surface area contributed by atoms with Crippen LogP contribution in [0.1, 0.15) is 16.8 Å². The summed E-state index contributed by atoms with van der Waals surface area (Å²) in [5, 5.41) is 11.6. The third-order valence-corrected chi connectivity index (χ3v) is 2.67. The fraction of sp³-hybridized carbons (Fsp3) is 0.462. The van der Waals surface area contributed by atoms with Gasteiger partial charge in [-0.25, -0.2) is 0 Å². The molecule has 1 aromatic rings. The van der Waals surface area contributed by atoms with Crippen LogP contribution in [0, 0.1) is 11.3 Å². The quantitative estimate of drug-likeness (QED) is 0.796. The zero-order chi connectivity index (χ0) is 14.1. The maximum Gasteiger partial charge on any atom is 0.256 e. The van der Waals surface area contributed by atoms with Gasteiger partial charge in [-0.2, -0.15) is 5.26 Å². The number of nitrogens with one attached hydrogen (secondary N) is 1. The van der Waals surface area contributed by atoms with E-state index in [-0.39, 0.29) is 5.91 Å². The van der Waals surface area contributed by atoms with Gasteiger partial charge in [-0.05, 0) is 6.07 Å². The van der Waals surface area contributed by atoms with Crippen molar-refractivity contribution in [2.24, 2.45) is 0 Å². The predicted octanol–water partition coefficient (Wildman–Crippen LogP) is 1.13. The van der Waals surface area contributed by atoms with Gasteiger partial charge in [0.05, 0.1) is 36.5 Å². The number of nitrogens with zero attached hydrogens (tertiary/aromatic N) is 3. The van der Waals surface area contributed by atoms with Gasteiger partial charge in [0, 0.05) is 33.4 Å². The average Bonchev–Trinajstić information content (AvgIpc) is 2.46. The zero-order valence-corrected chi connectivity index (χ0v) is 11.2. The highest BCUT2D eigenvalue weighted by atomic mass is 16.5. The SMILES string of the molecule is CNc1cnccc1C(=O)N(CCC#N)CCOC. The molecule has 0 fully saturated rings. The van der Waals surface area contributed by atoms with Crippen molar-refractivity contribution >= 4 is 11.6 Å². The summed E-state index contributed by atoms with van der Waals surface area (Å²) in [7, 11) is 3.32. The smallest absolute Gasteiger partial charge is 0.256 e.